The third-order valence-electron chi connectivity index (χ3n) is 9.46. The highest BCUT2D eigenvalue weighted by Crippen LogP contribution is 2.42. The lowest BCUT2D eigenvalue weighted by Gasteiger charge is -2.35. The van der Waals surface area contributed by atoms with E-state index in [0.29, 0.717) is 23.1 Å². The molecule has 0 spiro atoms. The van der Waals surface area contributed by atoms with Gasteiger partial charge in [-0.25, -0.2) is 13.2 Å². The van der Waals surface area contributed by atoms with Gasteiger partial charge in [0.1, 0.15) is 5.82 Å². The van der Waals surface area contributed by atoms with Crippen LogP contribution in [0.2, 0.25) is 0 Å². The fraction of sp³-hybridized carbons (Fsp3) is 0.421. The highest BCUT2D eigenvalue weighted by molar-refractivity contribution is 5.74. The van der Waals surface area contributed by atoms with E-state index in [2.05, 4.69) is 32.1 Å². The van der Waals surface area contributed by atoms with E-state index in [9.17, 15) is 8.78 Å². The highest BCUT2D eigenvalue weighted by Gasteiger charge is 2.28. The molecule has 5 rings (SSSR count). The molecule has 2 aliphatic carbocycles. The van der Waals surface area contributed by atoms with Crippen LogP contribution < -0.4 is 0 Å². The Labute approximate surface area is 244 Å². The molecule has 0 aliphatic heterocycles. The van der Waals surface area contributed by atoms with Crippen LogP contribution >= 0.6 is 0 Å². The van der Waals surface area contributed by atoms with Crippen LogP contribution in [0.3, 0.4) is 0 Å². The van der Waals surface area contributed by atoms with E-state index >= 15 is 4.39 Å². The van der Waals surface area contributed by atoms with E-state index in [0.717, 1.165) is 73.0 Å². The molecular formula is C38H43F3. The van der Waals surface area contributed by atoms with E-state index < -0.39 is 11.6 Å². The molecule has 1 atom stereocenters. The molecule has 0 bridgehead atoms. The highest BCUT2D eigenvalue weighted by atomic mass is 19.2. The Morgan fingerprint density at radius 2 is 1.44 bits per heavy atom. The maximum atomic E-state index is 15.3. The van der Waals surface area contributed by atoms with Gasteiger partial charge in [0.15, 0.2) is 11.6 Å². The Bertz CT molecular complexity index is 1370. The molecule has 3 aromatic carbocycles. The van der Waals surface area contributed by atoms with Crippen LogP contribution in [0.4, 0.5) is 13.2 Å². The molecule has 216 valence electrons. The minimum Gasteiger partial charge on any atom is -0.206 e. The Kier molecular flexibility index (Phi) is 9.85. The number of halogens is 3. The molecule has 0 saturated heterocycles. The average Bonchev–Trinajstić information content (AvgIpc) is 3.00. The van der Waals surface area contributed by atoms with Crippen molar-refractivity contribution in [3.8, 4) is 22.3 Å². The maximum absolute atomic E-state index is 15.3. The molecule has 0 aromatic heterocycles. The number of hydrogen-bond donors (Lipinski definition) is 0. The summed E-state index contributed by atoms with van der Waals surface area (Å²) >= 11 is 0. The number of benzene rings is 3. The van der Waals surface area contributed by atoms with E-state index in [4.69, 9.17) is 0 Å². The minimum absolute atomic E-state index is 0.199. The van der Waals surface area contributed by atoms with Crippen molar-refractivity contribution in [1.82, 2.24) is 0 Å². The summed E-state index contributed by atoms with van der Waals surface area (Å²) in [5.74, 6) is 0.535. The number of allylic oxidation sites excluding steroid dienone is 4. The summed E-state index contributed by atoms with van der Waals surface area (Å²) in [5, 5.41) is 0. The quantitative estimate of drug-likeness (QED) is 0.182. The van der Waals surface area contributed by atoms with Crippen molar-refractivity contribution in [2.45, 2.75) is 84.5 Å². The monoisotopic (exact) mass is 556 g/mol. The van der Waals surface area contributed by atoms with Gasteiger partial charge < -0.3 is 0 Å². The first kappa shape index (κ1) is 29.4. The molecule has 41 heavy (non-hydrogen) atoms. The van der Waals surface area contributed by atoms with Gasteiger partial charge in [0.2, 0.25) is 0 Å². The van der Waals surface area contributed by atoms with Gasteiger partial charge in [0.25, 0.3) is 0 Å². The Balaban J connectivity index is 1.24. The van der Waals surface area contributed by atoms with Crippen LogP contribution in [0.5, 0.6) is 0 Å². The second-order valence-electron chi connectivity index (χ2n) is 12.1. The molecule has 0 N–H and O–H groups in total. The Hall–Kier alpha value is -3.07. The average molecular weight is 557 g/mol. The van der Waals surface area contributed by atoms with Crippen molar-refractivity contribution in [1.29, 1.82) is 0 Å². The zero-order valence-electron chi connectivity index (χ0n) is 24.6. The summed E-state index contributed by atoms with van der Waals surface area (Å²) in [6.07, 6.45) is 18.6. The van der Waals surface area contributed by atoms with Crippen LogP contribution in [0.15, 0.2) is 72.8 Å². The van der Waals surface area contributed by atoms with Crippen molar-refractivity contribution in [2.24, 2.45) is 17.8 Å². The van der Waals surface area contributed by atoms with Gasteiger partial charge >= 0.3 is 0 Å². The summed E-state index contributed by atoms with van der Waals surface area (Å²) < 4.78 is 44.9. The van der Waals surface area contributed by atoms with E-state index in [-0.39, 0.29) is 11.4 Å². The number of unbranched alkanes of at least 4 members (excludes halogenated alkanes) is 2. The molecular weight excluding hydrogens is 513 g/mol. The largest absolute Gasteiger partial charge is 0.206 e. The third-order valence-corrected chi connectivity index (χ3v) is 9.46. The maximum Gasteiger partial charge on any atom is 0.166 e. The molecule has 2 aliphatic rings. The van der Waals surface area contributed by atoms with Gasteiger partial charge in [-0.2, -0.15) is 0 Å². The molecule has 0 nitrogen and oxygen atoms in total. The fourth-order valence-electron chi connectivity index (χ4n) is 6.98. The molecule has 3 heteroatoms. The van der Waals surface area contributed by atoms with Crippen LogP contribution in [0, 0.1) is 35.2 Å². The van der Waals surface area contributed by atoms with Crippen molar-refractivity contribution >= 4 is 5.57 Å². The first-order valence-corrected chi connectivity index (χ1v) is 15.7. The van der Waals surface area contributed by atoms with E-state index in [1.165, 1.54) is 25.7 Å². The number of aryl methyl sites for hydroxylation is 1. The second-order valence-corrected chi connectivity index (χ2v) is 12.1. The SMILES string of the molecule is CC=CC1CCC(C2CC=C(c3ccc(-c4ccc(-c5ccc(CCCCC)c(F)c5F)cc4)cc3F)CC2)CC1. The van der Waals surface area contributed by atoms with Crippen LogP contribution in [0.1, 0.15) is 89.2 Å². The topological polar surface area (TPSA) is 0 Å². The number of rotatable bonds is 9. The lowest BCUT2D eigenvalue weighted by atomic mass is 9.71. The van der Waals surface area contributed by atoms with Gasteiger partial charge in [0, 0.05) is 11.1 Å². The molecule has 1 unspecified atom stereocenters. The van der Waals surface area contributed by atoms with Gasteiger partial charge in [-0.1, -0.05) is 86.5 Å². The van der Waals surface area contributed by atoms with Crippen molar-refractivity contribution < 1.29 is 13.2 Å². The zero-order valence-corrected chi connectivity index (χ0v) is 24.6. The van der Waals surface area contributed by atoms with Gasteiger partial charge in [-0.05, 0) is 116 Å². The van der Waals surface area contributed by atoms with Crippen LogP contribution in [-0.4, -0.2) is 0 Å². The predicted octanol–water partition coefficient (Wildman–Crippen LogP) is 11.7. The molecule has 0 amide bonds. The van der Waals surface area contributed by atoms with E-state index in [1.807, 2.05) is 24.3 Å². The zero-order chi connectivity index (χ0) is 28.8. The van der Waals surface area contributed by atoms with Crippen molar-refractivity contribution in [3.63, 3.8) is 0 Å². The van der Waals surface area contributed by atoms with Crippen LogP contribution in [0.25, 0.3) is 27.8 Å². The summed E-state index contributed by atoms with van der Waals surface area (Å²) in [6.45, 7) is 4.20. The second kappa shape index (κ2) is 13.7. The fourth-order valence-corrected chi connectivity index (χ4v) is 6.98. The normalized spacial score (nSPS) is 21.3. The van der Waals surface area contributed by atoms with Crippen molar-refractivity contribution in [2.75, 3.05) is 0 Å². The third kappa shape index (κ3) is 6.88. The molecule has 1 fully saturated rings. The molecule has 1 saturated carbocycles. The lowest BCUT2D eigenvalue weighted by Crippen LogP contribution is -2.22. The summed E-state index contributed by atoms with van der Waals surface area (Å²) in [4.78, 5) is 0. The van der Waals surface area contributed by atoms with Crippen molar-refractivity contribution in [3.05, 3.63) is 101 Å². The smallest absolute Gasteiger partial charge is 0.166 e. The van der Waals surface area contributed by atoms with Crippen LogP contribution in [-0.2, 0) is 6.42 Å². The summed E-state index contributed by atoms with van der Waals surface area (Å²) in [7, 11) is 0. The van der Waals surface area contributed by atoms with Gasteiger partial charge in [-0.15, -0.1) is 0 Å². The predicted molar refractivity (Wildman–Crippen MR) is 166 cm³/mol. The summed E-state index contributed by atoms with van der Waals surface area (Å²) in [6, 6.07) is 16.1. The minimum atomic E-state index is -0.800. The molecule has 3 aromatic rings. The molecule has 0 heterocycles. The Morgan fingerprint density at radius 3 is 2.10 bits per heavy atom. The first-order chi connectivity index (χ1) is 20.0. The van der Waals surface area contributed by atoms with Gasteiger partial charge in [0.05, 0.1) is 0 Å². The Morgan fingerprint density at radius 1 is 0.732 bits per heavy atom. The van der Waals surface area contributed by atoms with Gasteiger partial charge in [-0.3, -0.25) is 0 Å². The molecule has 0 radical (unpaired) electrons. The first-order valence-electron chi connectivity index (χ1n) is 15.7. The lowest BCUT2D eigenvalue weighted by molar-refractivity contribution is 0.212. The summed E-state index contributed by atoms with van der Waals surface area (Å²) in [5.41, 5.74) is 4.76. The standard InChI is InChI=1S/C38H43F3/c1-3-5-6-8-32-21-24-35(38(41)37(32)40)31-19-15-29(16-20-31)33-22-23-34(36(39)25-33)30-17-13-28(14-18-30)27-11-9-26(7-4-2)10-12-27/h4,7,15-17,19-28H,3,5-6,8-14,18H2,1-2H3. The van der Waals surface area contributed by atoms with E-state index in [1.54, 1.807) is 30.3 Å². The number of hydrogen-bond acceptors (Lipinski definition) is 0.